The van der Waals surface area contributed by atoms with Gasteiger partial charge in [-0.15, -0.1) is 0 Å². The highest BCUT2D eigenvalue weighted by atomic mass is 19.1. The molecule has 1 aliphatic rings. The summed E-state index contributed by atoms with van der Waals surface area (Å²) in [6.07, 6.45) is 17.0. The van der Waals surface area contributed by atoms with E-state index in [1.165, 1.54) is 51.4 Å². The van der Waals surface area contributed by atoms with Crippen LogP contribution in [0.4, 0.5) is 4.39 Å². The molecule has 1 fully saturated rings. The van der Waals surface area contributed by atoms with Gasteiger partial charge in [0.05, 0.1) is 0 Å². The van der Waals surface area contributed by atoms with E-state index in [0.717, 1.165) is 47.8 Å². The number of aromatic nitrogens is 2. The van der Waals surface area contributed by atoms with Crippen molar-refractivity contribution >= 4 is 0 Å². The van der Waals surface area contributed by atoms with Crippen molar-refractivity contribution in [2.24, 2.45) is 11.8 Å². The molecule has 0 unspecified atom stereocenters. The lowest BCUT2D eigenvalue weighted by Crippen LogP contribution is -2.14. The van der Waals surface area contributed by atoms with E-state index in [9.17, 15) is 4.39 Å². The third-order valence-corrected chi connectivity index (χ3v) is 6.45. The quantitative estimate of drug-likeness (QED) is 0.430. The zero-order valence-corrected chi connectivity index (χ0v) is 17.6. The number of hydrogen-bond acceptors (Lipinski definition) is 2. The number of rotatable bonds is 9. The van der Waals surface area contributed by atoms with E-state index in [1.807, 2.05) is 24.5 Å². The summed E-state index contributed by atoms with van der Waals surface area (Å²) in [5.41, 5.74) is 2.76. The highest BCUT2D eigenvalue weighted by Crippen LogP contribution is 2.33. The first-order chi connectivity index (χ1) is 13.7. The molecule has 0 radical (unpaired) electrons. The highest BCUT2D eigenvalue weighted by molar-refractivity contribution is 5.55. The van der Waals surface area contributed by atoms with Crippen molar-refractivity contribution in [1.82, 2.24) is 9.97 Å². The first kappa shape index (κ1) is 21.0. The van der Waals surface area contributed by atoms with Crippen LogP contribution in [0.25, 0.3) is 11.4 Å². The molecule has 2 aromatic rings. The summed E-state index contributed by atoms with van der Waals surface area (Å²) < 4.78 is 14.6. The number of hydrogen-bond donors (Lipinski definition) is 0. The fourth-order valence-corrected chi connectivity index (χ4v) is 4.39. The third-order valence-electron chi connectivity index (χ3n) is 6.45. The fraction of sp³-hybridized carbons (Fsp3) is 0.600. The summed E-state index contributed by atoms with van der Waals surface area (Å²) in [6, 6.07) is 5.51. The normalized spacial score (nSPS) is 19.7. The molecule has 0 N–H and O–H groups in total. The van der Waals surface area contributed by atoms with Crippen LogP contribution >= 0.6 is 0 Å². The van der Waals surface area contributed by atoms with Crippen molar-refractivity contribution < 1.29 is 4.39 Å². The van der Waals surface area contributed by atoms with Crippen LogP contribution in [0.1, 0.15) is 82.8 Å². The van der Waals surface area contributed by atoms with Gasteiger partial charge in [-0.2, -0.15) is 0 Å². The van der Waals surface area contributed by atoms with Gasteiger partial charge >= 0.3 is 0 Å². The predicted octanol–water partition coefficient (Wildman–Crippen LogP) is 7.16. The Morgan fingerprint density at radius 1 is 0.929 bits per heavy atom. The Bertz CT molecular complexity index is 718. The molecule has 28 heavy (non-hydrogen) atoms. The Morgan fingerprint density at radius 2 is 1.64 bits per heavy atom. The molecule has 3 rings (SSSR count). The smallest absolute Gasteiger partial charge is 0.159 e. The summed E-state index contributed by atoms with van der Waals surface area (Å²) in [6.45, 7) is 4.50. The number of aryl methyl sites for hydroxylation is 2. The fourth-order valence-electron chi connectivity index (χ4n) is 4.39. The van der Waals surface area contributed by atoms with E-state index in [4.69, 9.17) is 0 Å². The molecule has 0 atom stereocenters. The average Bonchev–Trinajstić information content (AvgIpc) is 2.74. The largest absolute Gasteiger partial charge is 0.236 e. The van der Waals surface area contributed by atoms with Gasteiger partial charge in [0.2, 0.25) is 0 Å². The second-order valence-corrected chi connectivity index (χ2v) is 8.51. The van der Waals surface area contributed by atoms with Gasteiger partial charge in [-0.3, -0.25) is 0 Å². The van der Waals surface area contributed by atoms with Crippen LogP contribution in [-0.4, -0.2) is 9.97 Å². The van der Waals surface area contributed by atoms with Crippen LogP contribution in [0.2, 0.25) is 0 Å². The molecule has 1 heterocycles. The van der Waals surface area contributed by atoms with Gasteiger partial charge in [-0.25, -0.2) is 14.4 Å². The molecule has 1 aromatic carbocycles. The summed E-state index contributed by atoms with van der Waals surface area (Å²) in [7, 11) is 0. The van der Waals surface area contributed by atoms with E-state index in [0.29, 0.717) is 5.82 Å². The van der Waals surface area contributed by atoms with E-state index < -0.39 is 0 Å². The van der Waals surface area contributed by atoms with Crippen LogP contribution in [0, 0.1) is 17.7 Å². The molecule has 1 aromatic heterocycles. The van der Waals surface area contributed by atoms with Gasteiger partial charge in [0, 0.05) is 18.0 Å². The average molecular weight is 383 g/mol. The third kappa shape index (κ3) is 5.86. The molecule has 2 nitrogen and oxygen atoms in total. The minimum atomic E-state index is -0.115. The Labute approximate surface area is 170 Å². The first-order valence-electron chi connectivity index (χ1n) is 11.3. The molecule has 0 saturated heterocycles. The number of benzene rings is 1. The Morgan fingerprint density at radius 3 is 2.29 bits per heavy atom. The highest BCUT2D eigenvalue weighted by Gasteiger charge is 2.20. The van der Waals surface area contributed by atoms with Crippen LogP contribution < -0.4 is 0 Å². The van der Waals surface area contributed by atoms with E-state index >= 15 is 0 Å². The van der Waals surface area contributed by atoms with Gasteiger partial charge in [-0.05, 0) is 54.7 Å². The minimum Gasteiger partial charge on any atom is -0.236 e. The first-order valence-corrected chi connectivity index (χ1v) is 11.3. The predicted molar refractivity (Wildman–Crippen MR) is 115 cm³/mol. The molecule has 1 aliphatic carbocycles. The maximum atomic E-state index is 14.6. The van der Waals surface area contributed by atoms with E-state index in [-0.39, 0.29) is 5.82 Å². The topological polar surface area (TPSA) is 25.8 Å². The van der Waals surface area contributed by atoms with Crippen LogP contribution in [0.3, 0.4) is 0 Å². The lowest BCUT2D eigenvalue weighted by atomic mass is 9.78. The van der Waals surface area contributed by atoms with Gasteiger partial charge < -0.3 is 0 Å². The van der Waals surface area contributed by atoms with Crippen molar-refractivity contribution in [2.75, 3.05) is 0 Å². The van der Waals surface area contributed by atoms with Crippen LogP contribution in [0.5, 0.6) is 0 Å². The molecule has 0 spiro atoms. The molecule has 152 valence electrons. The van der Waals surface area contributed by atoms with E-state index in [2.05, 4.69) is 23.8 Å². The number of nitrogens with zero attached hydrogens (tertiary/aromatic N) is 2. The van der Waals surface area contributed by atoms with Gasteiger partial charge in [-0.1, -0.05) is 70.9 Å². The maximum absolute atomic E-state index is 14.6. The van der Waals surface area contributed by atoms with Crippen LogP contribution in [0.15, 0.2) is 30.6 Å². The van der Waals surface area contributed by atoms with Crippen LogP contribution in [-0.2, 0) is 12.8 Å². The Balaban J connectivity index is 1.55. The second-order valence-electron chi connectivity index (χ2n) is 8.51. The zero-order valence-electron chi connectivity index (χ0n) is 17.6. The Kier molecular flexibility index (Phi) is 8.00. The lowest BCUT2D eigenvalue weighted by molar-refractivity contribution is 0.258. The van der Waals surface area contributed by atoms with Crippen molar-refractivity contribution in [2.45, 2.75) is 84.5 Å². The molecular formula is C25H35FN2. The van der Waals surface area contributed by atoms with Crippen molar-refractivity contribution in [1.29, 1.82) is 0 Å². The monoisotopic (exact) mass is 382 g/mol. The SMILES string of the molecule is CCCCCc1cnc(-c2ccc(CC[C@H]3CC[C@H](CC)CC3)c(F)c2)nc1. The summed E-state index contributed by atoms with van der Waals surface area (Å²) in [4.78, 5) is 8.91. The van der Waals surface area contributed by atoms with Gasteiger partial charge in [0.15, 0.2) is 5.82 Å². The van der Waals surface area contributed by atoms with Gasteiger partial charge in [0.1, 0.15) is 5.82 Å². The maximum Gasteiger partial charge on any atom is 0.159 e. The van der Waals surface area contributed by atoms with E-state index in [1.54, 1.807) is 6.07 Å². The van der Waals surface area contributed by atoms with Crippen molar-refractivity contribution in [3.8, 4) is 11.4 Å². The summed E-state index contributed by atoms with van der Waals surface area (Å²) >= 11 is 0. The minimum absolute atomic E-state index is 0.115. The van der Waals surface area contributed by atoms with Crippen molar-refractivity contribution in [3.05, 3.63) is 47.5 Å². The summed E-state index contributed by atoms with van der Waals surface area (Å²) in [5, 5.41) is 0. The second kappa shape index (κ2) is 10.7. The van der Waals surface area contributed by atoms with Gasteiger partial charge in [0.25, 0.3) is 0 Å². The number of unbranched alkanes of at least 4 members (excludes halogenated alkanes) is 2. The molecule has 3 heteroatoms. The molecule has 0 bridgehead atoms. The standard InChI is InChI=1S/C25H35FN2/c1-3-5-6-7-21-17-27-25(28-18-21)23-15-14-22(24(26)16-23)13-12-20-10-8-19(4-2)9-11-20/h14-20H,3-13H2,1-2H3/t19-,20-. The zero-order chi connectivity index (χ0) is 19.8. The lowest BCUT2D eigenvalue weighted by Gasteiger charge is -2.27. The molecular weight excluding hydrogens is 347 g/mol. The molecule has 0 amide bonds. The summed E-state index contributed by atoms with van der Waals surface area (Å²) in [5.74, 6) is 2.19. The Hall–Kier alpha value is -1.77. The molecule has 1 saturated carbocycles. The van der Waals surface area contributed by atoms with Crippen molar-refractivity contribution in [3.63, 3.8) is 0 Å². The molecule has 0 aliphatic heterocycles. The number of halogens is 1.